The Morgan fingerprint density at radius 2 is 2.06 bits per heavy atom. The van der Waals surface area contributed by atoms with E-state index < -0.39 is 7.14 Å². The average Bonchev–Trinajstić information content (AvgIpc) is 2.78. The van der Waals surface area contributed by atoms with Crippen LogP contribution in [0.15, 0.2) is 24.3 Å². The summed E-state index contributed by atoms with van der Waals surface area (Å²) >= 11 is 5.43. The smallest absolute Gasteiger partial charge is 0.239 e. The Morgan fingerprint density at radius 3 is 2.71 bits per heavy atom. The van der Waals surface area contributed by atoms with Gasteiger partial charge in [0.1, 0.15) is 13.0 Å². The lowest BCUT2D eigenvalue weighted by Gasteiger charge is -2.12. The summed E-state index contributed by atoms with van der Waals surface area (Å²) in [4.78, 5) is 11.2. The highest BCUT2D eigenvalue weighted by Crippen LogP contribution is 2.51. The number of benzene rings is 1. The number of rotatable bonds is 3. The Morgan fingerprint density at radius 1 is 1.35 bits per heavy atom. The maximum absolute atomic E-state index is 12.6. The van der Waals surface area contributed by atoms with Gasteiger partial charge in [-0.05, 0) is 25.0 Å². The molecule has 5 heteroatoms. The van der Waals surface area contributed by atoms with Crippen molar-refractivity contribution in [3.05, 3.63) is 24.3 Å². The molecule has 92 valence electrons. The number of halogens is 1. The number of nitrogens with one attached hydrogen (secondary N) is 1. The Bertz CT molecular complexity index is 465. The van der Waals surface area contributed by atoms with E-state index in [1.165, 1.54) is 0 Å². The van der Waals surface area contributed by atoms with Crippen molar-refractivity contribution >= 4 is 35.6 Å². The molecule has 0 radical (unpaired) electrons. The van der Waals surface area contributed by atoms with Gasteiger partial charge in [-0.25, -0.2) is 0 Å². The van der Waals surface area contributed by atoms with Crippen LogP contribution in [-0.4, -0.2) is 24.1 Å². The fourth-order valence-corrected chi connectivity index (χ4v) is 5.14. The fraction of sp³-hybridized carbons (Fsp3) is 0.417. The first-order valence-electron chi connectivity index (χ1n) is 5.68. The van der Waals surface area contributed by atoms with Gasteiger partial charge in [0, 0.05) is 23.3 Å². The summed E-state index contributed by atoms with van der Waals surface area (Å²) < 4.78 is 12.6. The van der Waals surface area contributed by atoms with Crippen LogP contribution in [-0.2, 0) is 9.36 Å². The molecule has 0 unspecified atom stereocenters. The van der Waals surface area contributed by atoms with Crippen LogP contribution >= 0.6 is 18.7 Å². The van der Waals surface area contributed by atoms with Crippen molar-refractivity contribution in [3.63, 3.8) is 0 Å². The summed E-state index contributed by atoms with van der Waals surface area (Å²) in [5.74, 6) is -0.310. The topological polar surface area (TPSA) is 46.2 Å². The third kappa shape index (κ3) is 2.91. The lowest BCUT2D eigenvalue weighted by atomic mass is 10.3. The van der Waals surface area contributed by atoms with Crippen LogP contribution in [0, 0.1) is 0 Å². The van der Waals surface area contributed by atoms with E-state index in [1.54, 1.807) is 6.07 Å². The molecule has 1 amide bonds. The SMILES string of the molecule is O=C(CCl)Nc1cccc(P2(=O)CCCC2)c1. The van der Waals surface area contributed by atoms with Crippen molar-refractivity contribution in [2.24, 2.45) is 0 Å². The highest BCUT2D eigenvalue weighted by molar-refractivity contribution is 7.71. The summed E-state index contributed by atoms with van der Waals surface area (Å²) in [7, 11) is -2.19. The largest absolute Gasteiger partial charge is 0.325 e. The number of anilines is 1. The van der Waals surface area contributed by atoms with Gasteiger partial charge < -0.3 is 9.88 Å². The van der Waals surface area contributed by atoms with Crippen LogP contribution in [0.4, 0.5) is 5.69 Å². The highest BCUT2D eigenvalue weighted by atomic mass is 35.5. The lowest BCUT2D eigenvalue weighted by molar-refractivity contribution is -0.113. The van der Waals surface area contributed by atoms with Crippen molar-refractivity contribution in [2.45, 2.75) is 12.8 Å². The monoisotopic (exact) mass is 271 g/mol. The average molecular weight is 272 g/mol. The van der Waals surface area contributed by atoms with Crippen LogP contribution in [0.3, 0.4) is 0 Å². The lowest BCUT2D eigenvalue weighted by Crippen LogP contribution is -2.14. The number of amides is 1. The van der Waals surface area contributed by atoms with Gasteiger partial charge in [0.05, 0.1) is 0 Å². The van der Waals surface area contributed by atoms with E-state index in [0.717, 1.165) is 30.5 Å². The van der Waals surface area contributed by atoms with Crippen LogP contribution in [0.25, 0.3) is 0 Å². The predicted molar refractivity (Wildman–Crippen MR) is 72.0 cm³/mol. The first-order chi connectivity index (χ1) is 8.14. The minimum Gasteiger partial charge on any atom is -0.325 e. The molecule has 0 saturated carbocycles. The molecule has 1 fully saturated rings. The van der Waals surface area contributed by atoms with Crippen molar-refractivity contribution in [3.8, 4) is 0 Å². The van der Waals surface area contributed by atoms with Crippen LogP contribution in [0.5, 0.6) is 0 Å². The van der Waals surface area contributed by atoms with Crippen LogP contribution in [0.1, 0.15) is 12.8 Å². The predicted octanol–water partition coefficient (Wildman–Crippen LogP) is 2.65. The normalized spacial score (nSPS) is 17.9. The third-order valence-corrected chi connectivity index (χ3v) is 6.55. The zero-order valence-electron chi connectivity index (χ0n) is 9.49. The molecular formula is C12H15ClNO2P. The van der Waals surface area contributed by atoms with Gasteiger partial charge in [-0.15, -0.1) is 11.6 Å². The zero-order valence-corrected chi connectivity index (χ0v) is 11.1. The fourth-order valence-electron chi connectivity index (χ4n) is 2.14. The molecule has 0 aromatic heterocycles. The van der Waals surface area contributed by atoms with E-state index in [4.69, 9.17) is 11.6 Å². The molecule has 0 bridgehead atoms. The van der Waals surface area contributed by atoms with Crippen molar-refractivity contribution in [1.29, 1.82) is 0 Å². The summed E-state index contributed by atoms with van der Waals surface area (Å²) in [6, 6.07) is 7.33. The van der Waals surface area contributed by atoms with E-state index in [0.29, 0.717) is 5.69 Å². The molecule has 2 rings (SSSR count). The van der Waals surface area contributed by atoms with Gasteiger partial charge >= 0.3 is 0 Å². The van der Waals surface area contributed by atoms with E-state index in [1.807, 2.05) is 18.2 Å². The first-order valence-corrected chi connectivity index (χ1v) is 8.30. The molecule has 0 aliphatic carbocycles. The Kier molecular flexibility index (Phi) is 3.90. The maximum Gasteiger partial charge on any atom is 0.239 e. The second kappa shape index (κ2) is 5.24. The molecule has 1 aromatic rings. The number of carbonyl (C=O) groups is 1. The minimum atomic E-state index is -2.19. The quantitative estimate of drug-likeness (QED) is 0.679. The maximum atomic E-state index is 12.6. The highest BCUT2D eigenvalue weighted by Gasteiger charge is 2.28. The van der Waals surface area contributed by atoms with Gasteiger partial charge in [0.25, 0.3) is 0 Å². The molecule has 1 aliphatic heterocycles. The number of alkyl halides is 1. The van der Waals surface area contributed by atoms with Crippen molar-refractivity contribution in [2.75, 3.05) is 23.5 Å². The van der Waals surface area contributed by atoms with E-state index in [9.17, 15) is 9.36 Å². The molecule has 1 saturated heterocycles. The number of hydrogen-bond donors (Lipinski definition) is 1. The van der Waals surface area contributed by atoms with E-state index >= 15 is 0 Å². The molecule has 1 aliphatic rings. The Balaban J connectivity index is 2.22. The molecule has 1 N–H and O–H groups in total. The van der Waals surface area contributed by atoms with Crippen molar-refractivity contribution < 1.29 is 9.36 Å². The molecule has 0 spiro atoms. The number of carbonyl (C=O) groups excluding carboxylic acids is 1. The molecule has 17 heavy (non-hydrogen) atoms. The van der Waals surface area contributed by atoms with Gasteiger partial charge in [-0.3, -0.25) is 4.79 Å². The molecule has 1 aromatic carbocycles. The van der Waals surface area contributed by atoms with Crippen LogP contribution in [0.2, 0.25) is 0 Å². The summed E-state index contributed by atoms with van der Waals surface area (Å²) in [6.45, 7) is 0. The number of hydrogen-bond acceptors (Lipinski definition) is 2. The van der Waals surface area contributed by atoms with Crippen LogP contribution < -0.4 is 10.6 Å². The Hall–Kier alpha value is -0.790. The first kappa shape index (κ1) is 12.7. The summed E-state index contributed by atoms with van der Waals surface area (Å²) in [5, 5.41) is 3.56. The molecule has 0 atom stereocenters. The zero-order chi connectivity index (χ0) is 12.3. The Labute approximate surface area is 106 Å². The molecule has 1 heterocycles. The van der Waals surface area contributed by atoms with Gasteiger partial charge in [-0.2, -0.15) is 0 Å². The van der Waals surface area contributed by atoms with Crippen molar-refractivity contribution in [1.82, 2.24) is 0 Å². The third-order valence-electron chi connectivity index (χ3n) is 3.01. The second-order valence-electron chi connectivity index (χ2n) is 4.28. The van der Waals surface area contributed by atoms with Gasteiger partial charge in [0.2, 0.25) is 5.91 Å². The molecular weight excluding hydrogens is 257 g/mol. The summed E-state index contributed by atoms with van der Waals surface area (Å²) in [6.07, 6.45) is 3.66. The minimum absolute atomic E-state index is 0.0676. The van der Waals surface area contributed by atoms with E-state index in [-0.39, 0.29) is 11.8 Å². The summed E-state index contributed by atoms with van der Waals surface area (Å²) in [5.41, 5.74) is 0.676. The molecule has 3 nitrogen and oxygen atoms in total. The van der Waals surface area contributed by atoms with E-state index in [2.05, 4.69) is 5.32 Å². The standard InChI is InChI=1S/C12H15ClNO2P/c13-9-12(15)14-10-4-3-5-11(8-10)17(16)6-1-2-7-17/h3-5,8H,1-2,6-7,9H2,(H,14,15). The van der Waals surface area contributed by atoms with Gasteiger partial charge in [-0.1, -0.05) is 12.1 Å². The van der Waals surface area contributed by atoms with Gasteiger partial charge in [0.15, 0.2) is 0 Å². The second-order valence-corrected chi connectivity index (χ2v) is 7.73.